The average Bonchev–Trinajstić information content (AvgIpc) is 2.73. The Morgan fingerprint density at radius 1 is 1.07 bits per heavy atom. The molecule has 2 N–H and O–H groups in total. The Morgan fingerprint density at radius 2 is 1.76 bits per heavy atom. The number of amides is 2. The largest absolute Gasteiger partial charge is 0.341 e. The number of rotatable bonds is 6. The van der Waals surface area contributed by atoms with Crippen molar-refractivity contribution in [1.29, 1.82) is 0 Å². The minimum Gasteiger partial charge on any atom is -0.341 e. The first-order valence-corrected chi connectivity index (χ1v) is 10.5. The lowest BCUT2D eigenvalue weighted by Crippen LogP contribution is -2.46. The summed E-state index contributed by atoms with van der Waals surface area (Å²) in [5, 5.41) is 6.52. The summed E-state index contributed by atoms with van der Waals surface area (Å²) in [6.45, 7) is 3.67. The molecule has 7 heteroatoms. The van der Waals surface area contributed by atoms with Gasteiger partial charge in [0.05, 0.1) is 22.3 Å². The van der Waals surface area contributed by atoms with E-state index in [2.05, 4.69) is 17.6 Å². The Kier molecular flexibility index (Phi) is 7.53. The van der Waals surface area contributed by atoms with Crippen molar-refractivity contribution in [2.24, 2.45) is 5.92 Å². The molecule has 1 aliphatic heterocycles. The maximum Gasteiger partial charge on any atom is 0.244 e. The highest BCUT2D eigenvalue weighted by Crippen LogP contribution is 2.29. The summed E-state index contributed by atoms with van der Waals surface area (Å²) < 4.78 is 0. The number of hydrogen-bond acceptors (Lipinski definition) is 3. The molecule has 1 atom stereocenters. The summed E-state index contributed by atoms with van der Waals surface area (Å²) >= 11 is 12.1. The summed E-state index contributed by atoms with van der Waals surface area (Å²) in [6, 6.07) is 13.9. The van der Waals surface area contributed by atoms with Gasteiger partial charge in [-0.1, -0.05) is 66.5 Å². The molecule has 29 heavy (non-hydrogen) atoms. The Bertz CT molecular complexity index is 852. The Hall–Kier alpha value is -2.08. The summed E-state index contributed by atoms with van der Waals surface area (Å²) in [5.41, 5.74) is 1.28. The summed E-state index contributed by atoms with van der Waals surface area (Å²) in [4.78, 5) is 27.5. The van der Waals surface area contributed by atoms with Gasteiger partial charge in [-0.25, -0.2) is 0 Å². The van der Waals surface area contributed by atoms with Crippen LogP contribution in [0.25, 0.3) is 0 Å². The average molecular weight is 434 g/mol. The van der Waals surface area contributed by atoms with Gasteiger partial charge in [-0.15, -0.1) is 0 Å². The van der Waals surface area contributed by atoms with Crippen LogP contribution in [0.4, 0.5) is 5.69 Å². The number of piperidine rings is 1. The van der Waals surface area contributed by atoms with Gasteiger partial charge in [0.1, 0.15) is 6.04 Å². The molecule has 0 aromatic heterocycles. The molecule has 0 unspecified atom stereocenters. The van der Waals surface area contributed by atoms with Crippen molar-refractivity contribution >= 4 is 40.7 Å². The lowest BCUT2D eigenvalue weighted by Gasteiger charge is -2.33. The SMILES string of the molecule is CC1CCN(C(=O)[C@@H](NCC(=O)Nc2cccc(Cl)c2Cl)c2ccccc2)CC1. The van der Waals surface area contributed by atoms with Crippen LogP contribution >= 0.6 is 23.2 Å². The molecule has 2 aromatic rings. The van der Waals surface area contributed by atoms with Crippen molar-refractivity contribution in [3.63, 3.8) is 0 Å². The second-order valence-electron chi connectivity index (χ2n) is 7.38. The number of nitrogens with one attached hydrogen (secondary N) is 2. The van der Waals surface area contributed by atoms with Crippen LogP contribution in [0, 0.1) is 5.92 Å². The van der Waals surface area contributed by atoms with Crippen LogP contribution in [0.3, 0.4) is 0 Å². The summed E-state index contributed by atoms with van der Waals surface area (Å²) in [7, 11) is 0. The second kappa shape index (κ2) is 10.1. The van der Waals surface area contributed by atoms with Crippen molar-refractivity contribution in [3.05, 3.63) is 64.1 Å². The van der Waals surface area contributed by atoms with Crippen molar-refractivity contribution < 1.29 is 9.59 Å². The number of nitrogens with zero attached hydrogens (tertiary/aromatic N) is 1. The topological polar surface area (TPSA) is 61.4 Å². The first-order chi connectivity index (χ1) is 14.0. The number of carbonyl (C=O) groups is 2. The second-order valence-corrected chi connectivity index (χ2v) is 8.17. The fourth-order valence-corrected chi connectivity index (χ4v) is 3.74. The van der Waals surface area contributed by atoms with Gasteiger partial charge in [0.2, 0.25) is 11.8 Å². The zero-order valence-electron chi connectivity index (χ0n) is 16.3. The van der Waals surface area contributed by atoms with E-state index in [0.717, 1.165) is 31.5 Å². The Morgan fingerprint density at radius 3 is 2.45 bits per heavy atom. The van der Waals surface area contributed by atoms with Gasteiger partial charge in [-0.05, 0) is 36.5 Å². The first kappa shape index (κ1) is 21.6. The van der Waals surface area contributed by atoms with Crippen molar-refractivity contribution in [3.8, 4) is 0 Å². The molecule has 5 nitrogen and oxygen atoms in total. The number of halogens is 2. The van der Waals surface area contributed by atoms with E-state index in [1.807, 2.05) is 35.2 Å². The van der Waals surface area contributed by atoms with Gasteiger partial charge in [0.15, 0.2) is 0 Å². The molecule has 2 amide bonds. The van der Waals surface area contributed by atoms with Crippen LogP contribution in [0.1, 0.15) is 31.4 Å². The van der Waals surface area contributed by atoms with E-state index in [1.54, 1.807) is 18.2 Å². The third-order valence-electron chi connectivity index (χ3n) is 5.17. The number of likely N-dealkylation sites (tertiary alicyclic amines) is 1. The molecule has 0 spiro atoms. The maximum atomic E-state index is 13.2. The molecular weight excluding hydrogens is 409 g/mol. The lowest BCUT2D eigenvalue weighted by molar-refractivity contribution is -0.135. The van der Waals surface area contributed by atoms with Gasteiger partial charge in [0, 0.05) is 13.1 Å². The minimum absolute atomic E-state index is 0.00307. The monoisotopic (exact) mass is 433 g/mol. The smallest absolute Gasteiger partial charge is 0.244 e. The van der Waals surface area contributed by atoms with E-state index in [0.29, 0.717) is 21.7 Å². The van der Waals surface area contributed by atoms with E-state index >= 15 is 0 Å². The van der Waals surface area contributed by atoms with Crippen LogP contribution in [-0.2, 0) is 9.59 Å². The Balaban J connectivity index is 1.68. The molecule has 3 rings (SSSR count). The Labute approximate surface area is 181 Å². The van der Waals surface area contributed by atoms with E-state index in [4.69, 9.17) is 23.2 Å². The van der Waals surface area contributed by atoms with E-state index in [1.165, 1.54) is 0 Å². The van der Waals surface area contributed by atoms with Gasteiger partial charge in [-0.3, -0.25) is 14.9 Å². The normalized spacial score (nSPS) is 15.8. The highest BCUT2D eigenvalue weighted by molar-refractivity contribution is 6.44. The minimum atomic E-state index is -0.579. The van der Waals surface area contributed by atoms with Crippen LogP contribution in [0.2, 0.25) is 10.0 Å². The van der Waals surface area contributed by atoms with Crippen molar-refractivity contribution in [2.75, 3.05) is 25.0 Å². The lowest BCUT2D eigenvalue weighted by atomic mass is 9.97. The number of anilines is 1. The summed E-state index contributed by atoms with van der Waals surface area (Å²) in [5.74, 6) is 0.335. The highest BCUT2D eigenvalue weighted by atomic mass is 35.5. The quantitative estimate of drug-likeness (QED) is 0.703. The van der Waals surface area contributed by atoms with Crippen LogP contribution in [-0.4, -0.2) is 36.3 Å². The van der Waals surface area contributed by atoms with E-state index < -0.39 is 6.04 Å². The highest BCUT2D eigenvalue weighted by Gasteiger charge is 2.28. The van der Waals surface area contributed by atoms with Gasteiger partial charge in [-0.2, -0.15) is 0 Å². The molecule has 1 heterocycles. The molecule has 0 saturated carbocycles. The number of hydrogen-bond donors (Lipinski definition) is 2. The van der Waals surface area contributed by atoms with Crippen LogP contribution < -0.4 is 10.6 Å². The van der Waals surface area contributed by atoms with Crippen LogP contribution in [0.15, 0.2) is 48.5 Å². The number of carbonyl (C=O) groups excluding carboxylic acids is 2. The molecule has 154 valence electrons. The zero-order chi connectivity index (χ0) is 20.8. The van der Waals surface area contributed by atoms with Crippen LogP contribution in [0.5, 0.6) is 0 Å². The maximum absolute atomic E-state index is 13.2. The first-order valence-electron chi connectivity index (χ1n) is 9.76. The standard InChI is InChI=1S/C22H25Cl2N3O2/c1-15-10-12-27(13-11-15)22(29)21(16-6-3-2-4-7-16)25-14-19(28)26-18-9-5-8-17(23)20(18)24/h2-9,15,21,25H,10-14H2,1H3,(H,26,28)/t21-/m0/s1. The number of benzene rings is 2. The molecule has 1 saturated heterocycles. The third-order valence-corrected chi connectivity index (χ3v) is 5.99. The molecule has 0 aliphatic carbocycles. The third kappa shape index (κ3) is 5.72. The van der Waals surface area contributed by atoms with Crippen molar-refractivity contribution in [2.45, 2.75) is 25.8 Å². The summed E-state index contributed by atoms with van der Waals surface area (Å²) in [6.07, 6.45) is 2.00. The van der Waals surface area contributed by atoms with Gasteiger partial charge < -0.3 is 10.2 Å². The predicted molar refractivity (Wildman–Crippen MR) is 117 cm³/mol. The van der Waals surface area contributed by atoms with E-state index in [-0.39, 0.29) is 18.4 Å². The zero-order valence-corrected chi connectivity index (χ0v) is 17.8. The molecule has 2 aromatic carbocycles. The van der Waals surface area contributed by atoms with Gasteiger partial charge >= 0.3 is 0 Å². The predicted octanol–water partition coefficient (Wildman–Crippen LogP) is 4.52. The fourth-order valence-electron chi connectivity index (χ4n) is 3.39. The molecular formula is C22H25Cl2N3O2. The molecule has 1 aliphatic rings. The fraction of sp³-hybridized carbons (Fsp3) is 0.364. The van der Waals surface area contributed by atoms with Gasteiger partial charge in [0.25, 0.3) is 0 Å². The van der Waals surface area contributed by atoms with E-state index in [9.17, 15) is 9.59 Å². The molecule has 0 radical (unpaired) electrons. The molecule has 1 fully saturated rings. The molecule has 0 bridgehead atoms. The van der Waals surface area contributed by atoms with Crippen molar-refractivity contribution in [1.82, 2.24) is 10.2 Å².